The maximum Gasteiger partial charge on any atom is 0.348 e. The van der Waals surface area contributed by atoms with E-state index in [2.05, 4.69) is 15.0 Å². The van der Waals surface area contributed by atoms with Crippen LogP contribution in [0.2, 0.25) is 5.28 Å². The quantitative estimate of drug-likeness (QED) is 0.259. The Morgan fingerprint density at radius 2 is 1.91 bits per heavy atom. The molecule has 0 amide bonds. The number of carboxylic acids is 2. The van der Waals surface area contributed by atoms with Crippen LogP contribution in [0.25, 0.3) is 11.2 Å². The second-order valence-electron chi connectivity index (χ2n) is 8.22. The third-order valence-corrected chi connectivity index (χ3v) is 6.31. The fourth-order valence-electron chi connectivity index (χ4n) is 4.22. The molecular weight excluding hydrogens is 496 g/mol. The molecule has 1 aliphatic heterocycles. The lowest BCUT2D eigenvalue weighted by Gasteiger charge is -2.28. The van der Waals surface area contributed by atoms with Crippen LogP contribution in [-0.2, 0) is 25.5 Å². The molecule has 1 aromatic carbocycles. The number of alkyl halides is 1. The molecule has 35 heavy (non-hydrogen) atoms. The fourth-order valence-corrected chi connectivity index (χ4v) is 4.40. The Morgan fingerprint density at radius 1 is 1.26 bits per heavy atom. The number of hydrogen-bond donors (Lipinski definition) is 4. The van der Waals surface area contributed by atoms with E-state index in [9.17, 15) is 29.3 Å². The summed E-state index contributed by atoms with van der Waals surface area (Å²) >= 11 is 5.81. The van der Waals surface area contributed by atoms with Gasteiger partial charge in [0.2, 0.25) is 5.28 Å². The average molecular weight is 512 g/mol. The highest BCUT2D eigenvalue weighted by Gasteiger charge is 2.80. The first kappa shape index (κ1) is 23.3. The molecule has 2 aliphatic rings. The minimum atomic E-state index is -2.90. The Labute approximate surface area is 198 Å². The van der Waals surface area contributed by atoms with Crippen LogP contribution >= 0.6 is 11.6 Å². The van der Waals surface area contributed by atoms with Crippen LogP contribution in [0.15, 0.2) is 30.6 Å². The van der Waals surface area contributed by atoms with Crippen molar-refractivity contribution in [1.29, 1.82) is 0 Å². The van der Waals surface area contributed by atoms with Crippen molar-refractivity contribution in [2.24, 2.45) is 0 Å². The van der Waals surface area contributed by atoms with Crippen molar-refractivity contribution >= 4 is 40.5 Å². The van der Waals surface area contributed by atoms with Crippen LogP contribution in [0, 0.1) is 5.82 Å². The molecule has 1 aliphatic carbocycles. The monoisotopic (exact) mass is 511 g/mol. The van der Waals surface area contributed by atoms with Crippen molar-refractivity contribution in [2.45, 2.75) is 42.2 Å². The molecule has 1 saturated carbocycles. The SMILES string of the molecule is Nc1nc(Cl)nc2c1ncn2[C@@H]1O[C@@H]2C(OC(Cc3ccc(F)cc3)(C(=O)O)C(=O)O)[C@]2(O)[C@@H]1F. The van der Waals surface area contributed by atoms with Crippen molar-refractivity contribution < 1.29 is 43.2 Å². The number of imidazole rings is 1. The number of benzene rings is 1. The number of aliphatic carboxylic acids is 2. The third kappa shape index (κ3) is 3.40. The lowest BCUT2D eigenvalue weighted by atomic mass is 9.94. The average Bonchev–Trinajstić information content (AvgIpc) is 3.05. The number of aromatic nitrogens is 4. The lowest BCUT2D eigenvalue weighted by Crippen LogP contribution is -2.53. The zero-order valence-electron chi connectivity index (χ0n) is 17.4. The molecule has 0 bridgehead atoms. The second kappa shape index (κ2) is 7.78. The number of anilines is 1. The van der Waals surface area contributed by atoms with E-state index < -0.39 is 60.0 Å². The fraction of sp³-hybridized carbons (Fsp3) is 0.350. The summed E-state index contributed by atoms with van der Waals surface area (Å²) in [7, 11) is 0. The Balaban J connectivity index is 1.42. The molecule has 5 N–H and O–H groups in total. The number of carboxylic acid groups (broad SMARTS) is 2. The van der Waals surface area contributed by atoms with E-state index in [-0.39, 0.29) is 27.8 Å². The van der Waals surface area contributed by atoms with Gasteiger partial charge in [0, 0.05) is 6.42 Å². The summed E-state index contributed by atoms with van der Waals surface area (Å²) in [5.74, 6) is -4.46. The van der Waals surface area contributed by atoms with Gasteiger partial charge in [-0.1, -0.05) is 12.1 Å². The standard InChI is InChI=1S/C20H16ClF2N5O7/c21-18-26-13(24)9-14(27-18)28(6-25-9)15-10(23)20(33)11(34-15)12(20)35-19(16(29)30,17(31)32)5-7-1-3-8(22)4-2-7/h1-4,6,10-12,15,33H,5H2,(H,29,30)(H,31,32)(H2,24,26,27)/t10-,11-,12?,15-,20+/m1/s1. The zero-order valence-corrected chi connectivity index (χ0v) is 18.1. The molecule has 2 aromatic heterocycles. The van der Waals surface area contributed by atoms with Gasteiger partial charge in [-0.05, 0) is 29.3 Å². The predicted octanol–water partition coefficient (Wildman–Crippen LogP) is 0.717. The summed E-state index contributed by atoms with van der Waals surface area (Å²) in [5, 5.41) is 30.1. The molecule has 15 heteroatoms. The van der Waals surface area contributed by atoms with Crippen LogP contribution in [0.1, 0.15) is 11.8 Å². The first-order valence-corrected chi connectivity index (χ1v) is 10.4. The van der Waals surface area contributed by atoms with Crippen molar-refractivity contribution in [3.8, 4) is 0 Å². The van der Waals surface area contributed by atoms with E-state index in [0.717, 1.165) is 23.0 Å². The van der Waals surface area contributed by atoms with E-state index in [4.69, 9.17) is 26.8 Å². The number of fused-ring (bicyclic) bond motifs is 2. The van der Waals surface area contributed by atoms with Gasteiger partial charge in [0.05, 0.1) is 6.33 Å². The van der Waals surface area contributed by atoms with Crippen LogP contribution in [-0.4, -0.2) is 76.4 Å². The summed E-state index contributed by atoms with van der Waals surface area (Å²) < 4.78 is 40.7. The van der Waals surface area contributed by atoms with E-state index >= 15 is 4.39 Å². The molecule has 2 fully saturated rings. The lowest BCUT2D eigenvalue weighted by molar-refractivity contribution is -0.194. The number of halogens is 3. The number of rotatable bonds is 7. The van der Waals surface area contributed by atoms with E-state index in [1.165, 1.54) is 12.1 Å². The number of carbonyl (C=O) groups is 2. The first-order valence-electron chi connectivity index (χ1n) is 10.1. The van der Waals surface area contributed by atoms with Gasteiger partial charge in [-0.25, -0.2) is 23.4 Å². The second-order valence-corrected chi connectivity index (χ2v) is 8.56. The summed E-state index contributed by atoms with van der Waals surface area (Å²) in [4.78, 5) is 35.7. The minimum absolute atomic E-state index is 0.0271. The predicted molar refractivity (Wildman–Crippen MR) is 111 cm³/mol. The number of hydrogen-bond acceptors (Lipinski definition) is 9. The molecule has 1 saturated heterocycles. The largest absolute Gasteiger partial charge is 0.479 e. The number of nitrogens with zero attached hydrogens (tertiary/aromatic N) is 4. The summed E-state index contributed by atoms with van der Waals surface area (Å²) in [5.41, 5.74) is 0.742. The zero-order chi connectivity index (χ0) is 25.3. The van der Waals surface area contributed by atoms with Gasteiger partial charge >= 0.3 is 11.9 Å². The molecule has 0 radical (unpaired) electrons. The van der Waals surface area contributed by atoms with Gasteiger partial charge < -0.3 is 30.5 Å². The van der Waals surface area contributed by atoms with E-state index in [0.29, 0.717) is 0 Å². The molecule has 1 unspecified atom stereocenters. The number of nitrogens with two attached hydrogens (primary N) is 1. The molecule has 3 aromatic rings. The molecular formula is C20H16ClF2N5O7. The molecule has 3 heterocycles. The van der Waals surface area contributed by atoms with Crippen molar-refractivity contribution in [1.82, 2.24) is 19.5 Å². The van der Waals surface area contributed by atoms with Gasteiger partial charge in [-0.15, -0.1) is 0 Å². The highest BCUT2D eigenvalue weighted by atomic mass is 35.5. The topological polar surface area (TPSA) is 183 Å². The smallest absolute Gasteiger partial charge is 0.348 e. The van der Waals surface area contributed by atoms with Gasteiger partial charge in [-0.3, -0.25) is 4.57 Å². The summed E-state index contributed by atoms with van der Waals surface area (Å²) in [6, 6.07) is 4.42. The van der Waals surface area contributed by atoms with Crippen LogP contribution in [0.3, 0.4) is 0 Å². The van der Waals surface area contributed by atoms with Gasteiger partial charge in [0.1, 0.15) is 23.5 Å². The number of aliphatic hydroxyl groups is 1. The van der Waals surface area contributed by atoms with Crippen LogP contribution in [0.4, 0.5) is 14.6 Å². The Kier molecular flexibility index (Phi) is 5.17. The van der Waals surface area contributed by atoms with Crippen molar-refractivity contribution in [3.05, 3.63) is 47.3 Å². The molecule has 0 spiro atoms. The maximum atomic E-state index is 15.5. The normalized spacial score (nSPS) is 27.7. The van der Waals surface area contributed by atoms with Crippen LogP contribution < -0.4 is 5.73 Å². The minimum Gasteiger partial charge on any atom is -0.479 e. The highest BCUT2D eigenvalue weighted by Crippen LogP contribution is 2.58. The maximum absolute atomic E-state index is 15.5. The summed E-state index contributed by atoms with van der Waals surface area (Å²) in [6.07, 6.45) is -6.27. The molecule has 5 atom stereocenters. The summed E-state index contributed by atoms with van der Waals surface area (Å²) in [6.45, 7) is 0. The molecule has 184 valence electrons. The highest BCUT2D eigenvalue weighted by molar-refractivity contribution is 6.28. The van der Waals surface area contributed by atoms with E-state index in [1.54, 1.807) is 0 Å². The van der Waals surface area contributed by atoms with Gasteiger partial charge in [-0.2, -0.15) is 9.97 Å². The first-order chi connectivity index (χ1) is 16.5. The molecule has 5 rings (SSSR count). The Morgan fingerprint density at radius 3 is 2.49 bits per heavy atom. The van der Waals surface area contributed by atoms with Crippen molar-refractivity contribution in [3.63, 3.8) is 0 Å². The Hall–Kier alpha value is -3.46. The molecule has 12 nitrogen and oxygen atoms in total. The van der Waals surface area contributed by atoms with Crippen molar-refractivity contribution in [2.75, 3.05) is 5.73 Å². The number of nitrogen functional groups attached to an aromatic ring is 1. The Bertz CT molecular complexity index is 1340. The number of ether oxygens (including phenoxy) is 2. The van der Waals surface area contributed by atoms with Crippen LogP contribution in [0.5, 0.6) is 0 Å². The van der Waals surface area contributed by atoms with E-state index in [1.807, 2.05) is 0 Å². The van der Waals surface area contributed by atoms with Gasteiger partial charge in [0.25, 0.3) is 5.60 Å². The van der Waals surface area contributed by atoms with Gasteiger partial charge in [0.15, 0.2) is 29.5 Å². The third-order valence-electron chi connectivity index (χ3n) is 6.14.